The van der Waals surface area contributed by atoms with Crippen molar-refractivity contribution < 1.29 is 37.9 Å². The summed E-state index contributed by atoms with van der Waals surface area (Å²) in [5.74, 6) is -0.954. The summed E-state index contributed by atoms with van der Waals surface area (Å²) in [5, 5.41) is 0. The van der Waals surface area contributed by atoms with Crippen molar-refractivity contribution in [3.63, 3.8) is 0 Å². The Hall–Kier alpha value is -3.03. The number of esters is 2. The monoisotopic (exact) mass is 744 g/mol. The average molecular weight is 745 g/mol. The summed E-state index contributed by atoms with van der Waals surface area (Å²) in [7, 11) is -4.77. The van der Waals surface area contributed by atoms with Crippen molar-refractivity contribution in [1.29, 1.82) is 0 Å². The second-order valence-corrected chi connectivity index (χ2v) is 13.7. The topological polar surface area (TPSA) is 119 Å². The van der Waals surface area contributed by atoms with E-state index in [1.165, 1.54) is 0 Å². The Balaban J connectivity index is 4.07. The first-order chi connectivity index (χ1) is 25.3. The Morgan fingerprint density at radius 2 is 0.865 bits per heavy atom. The third-order valence-electron chi connectivity index (χ3n) is 7.60. The maximum absolute atomic E-state index is 12.4. The number of allylic oxidation sites excluding steroid dienone is 16. The minimum atomic E-state index is -4.77. The molecule has 8 nitrogen and oxygen atoms in total. The van der Waals surface area contributed by atoms with E-state index in [4.69, 9.17) is 19.3 Å². The Morgan fingerprint density at radius 1 is 0.500 bits per heavy atom. The fourth-order valence-electron chi connectivity index (χ4n) is 4.76. The molecular formula is C43H69O8P. The molecule has 0 heterocycles. The number of rotatable bonds is 34. The summed E-state index contributed by atoms with van der Waals surface area (Å²) >= 11 is 0. The van der Waals surface area contributed by atoms with E-state index < -0.39 is 32.5 Å². The maximum atomic E-state index is 12.4. The zero-order valence-electron chi connectivity index (χ0n) is 32.2. The molecule has 0 fully saturated rings. The van der Waals surface area contributed by atoms with E-state index in [9.17, 15) is 14.2 Å². The van der Waals surface area contributed by atoms with Gasteiger partial charge in [0.05, 0.1) is 6.61 Å². The van der Waals surface area contributed by atoms with Crippen molar-refractivity contribution in [2.45, 2.75) is 148 Å². The molecule has 0 bridgehead atoms. The van der Waals surface area contributed by atoms with E-state index in [2.05, 4.69) is 116 Å². The van der Waals surface area contributed by atoms with Crippen LogP contribution in [-0.4, -0.2) is 41.0 Å². The highest BCUT2D eigenvalue weighted by Gasteiger charge is 2.22. The average Bonchev–Trinajstić information content (AvgIpc) is 3.11. The molecule has 0 rings (SSSR count). The molecule has 0 spiro atoms. The minimum absolute atomic E-state index is 0.178. The standard InChI is InChI=1S/C43H69O8P/c1-3-5-7-9-11-13-15-17-19-20-21-22-24-25-27-29-31-33-35-37-42(44)49-39-41(40-50-52(46,47)48)51-43(45)38-36-34-32-30-28-26-23-18-16-14-12-10-8-6-4-2/h5-8,11-14,17-19,21-23,25,27,41H,3-4,9-10,15-16,20,24,26,28-40H2,1-2H3,(H2,46,47,48)/b7-5-,8-6-,13-11-,14-12-,19-17-,22-21-,23-18-,27-25-/t41-/m1/s1. The fourth-order valence-corrected chi connectivity index (χ4v) is 5.13. The lowest BCUT2D eigenvalue weighted by molar-refractivity contribution is -0.161. The van der Waals surface area contributed by atoms with Crippen LogP contribution in [0.1, 0.15) is 142 Å². The number of hydrogen-bond acceptors (Lipinski definition) is 6. The predicted molar refractivity (Wildman–Crippen MR) is 216 cm³/mol. The van der Waals surface area contributed by atoms with Gasteiger partial charge in [0.1, 0.15) is 6.61 Å². The van der Waals surface area contributed by atoms with Gasteiger partial charge in [-0.05, 0) is 89.9 Å². The molecule has 0 unspecified atom stereocenters. The largest absolute Gasteiger partial charge is 0.469 e. The minimum Gasteiger partial charge on any atom is -0.462 e. The molecule has 294 valence electrons. The summed E-state index contributed by atoms with van der Waals surface area (Å²) in [6, 6.07) is 0. The van der Waals surface area contributed by atoms with Gasteiger partial charge in [-0.2, -0.15) is 0 Å². The van der Waals surface area contributed by atoms with E-state index in [0.717, 1.165) is 103 Å². The van der Waals surface area contributed by atoms with Crippen LogP contribution in [0.3, 0.4) is 0 Å². The van der Waals surface area contributed by atoms with Gasteiger partial charge < -0.3 is 19.3 Å². The zero-order chi connectivity index (χ0) is 38.2. The highest BCUT2D eigenvalue weighted by molar-refractivity contribution is 7.46. The summed E-state index contributed by atoms with van der Waals surface area (Å²) < 4.78 is 26.3. The van der Waals surface area contributed by atoms with Gasteiger partial charge in [0.25, 0.3) is 0 Å². The van der Waals surface area contributed by atoms with E-state index in [1.807, 2.05) is 0 Å². The summed E-state index contributed by atoms with van der Waals surface area (Å²) in [6.45, 7) is 3.39. The second kappa shape index (κ2) is 37.7. The molecule has 0 aromatic carbocycles. The van der Waals surface area contributed by atoms with Crippen LogP contribution in [0, 0.1) is 0 Å². The van der Waals surface area contributed by atoms with Gasteiger partial charge in [-0.1, -0.05) is 137 Å². The van der Waals surface area contributed by atoms with Crippen LogP contribution >= 0.6 is 7.82 Å². The van der Waals surface area contributed by atoms with E-state index in [1.54, 1.807) is 0 Å². The zero-order valence-corrected chi connectivity index (χ0v) is 33.1. The third kappa shape index (κ3) is 39.8. The Labute approximate surface area is 315 Å². The Bertz CT molecular complexity index is 1160. The lowest BCUT2D eigenvalue weighted by Gasteiger charge is -2.18. The van der Waals surface area contributed by atoms with Gasteiger partial charge in [-0.3, -0.25) is 14.1 Å². The number of carbonyl (C=O) groups excluding carboxylic acids is 2. The molecular weight excluding hydrogens is 675 g/mol. The normalized spacial score (nSPS) is 13.5. The highest BCUT2D eigenvalue weighted by Crippen LogP contribution is 2.36. The number of unbranched alkanes of at least 4 members (excludes halogenated alkanes) is 8. The number of hydrogen-bond donors (Lipinski definition) is 2. The SMILES string of the molecule is CC/C=C\C/C=C\C/C=C\C/C=C\C/C=C\CCCCCC(=O)OC[C@H](COP(=O)(O)O)OC(=O)CCCCCCC/C=C\C/C=C\C/C=C\CC. The van der Waals surface area contributed by atoms with Crippen LogP contribution < -0.4 is 0 Å². The molecule has 0 saturated carbocycles. The van der Waals surface area contributed by atoms with Gasteiger partial charge in [-0.25, -0.2) is 4.57 Å². The molecule has 0 aliphatic rings. The molecule has 0 aliphatic carbocycles. The first-order valence-electron chi connectivity index (χ1n) is 19.5. The van der Waals surface area contributed by atoms with Crippen LogP contribution in [0.4, 0.5) is 0 Å². The van der Waals surface area contributed by atoms with Gasteiger partial charge in [0.2, 0.25) is 0 Å². The summed E-state index contributed by atoms with van der Waals surface area (Å²) in [6.07, 6.45) is 51.2. The molecule has 52 heavy (non-hydrogen) atoms. The van der Waals surface area contributed by atoms with Crippen LogP contribution in [0.25, 0.3) is 0 Å². The van der Waals surface area contributed by atoms with Gasteiger partial charge in [0, 0.05) is 12.8 Å². The van der Waals surface area contributed by atoms with Crippen molar-refractivity contribution >= 4 is 19.8 Å². The van der Waals surface area contributed by atoms with Crippen molar-refractivity contribution in [3.8, 4) is 0 Å². The fraction of sp³-hybridized carbons (Fsp3) is 0.581. The molecule has 0 saturated heterocycles. The predicted octanol–water partition coefficient (Wildman–Crippen LogP) is 11.8. The first-order valence-corrected chi connectivity index (χ1v) is 21.1. The van der Waals surface area contributed by atoms with E-state index in [-0.39, 0.29) is 19.4 Å². The molecule has 9 heteroatoms. The number of carbonyl (C=O) groups is 2. The smallest absolute Gasteiger partial charge is 0.462 e. The second-order valence-electron chi connectivity index (χ2n) is 12.5. The van der Waals surface area contributed by atoms with Crippen LogP contribution in [0.5, 0.6) is 0 Å². The first kappa shape index (κ1) is 49.0. The summed E-state index contributed by atoms with van der Waals surface area (Å²) in [5.41, 5.74) is 0. The van der Waals surface area contributed by atoms with E-state index in [0.29, 0.717) is 12.8 Å². The number of ether oxygens (including phenoxy) is 2. The molecule has 0 aromatic heterocycles. The maximum Gasteiger partial charge on any atom is 0.469 e. The third-order valence-corrected chi connectivity index (χ3v) is 8.08. The molecule has 2 N–H and O–H groups in total. The molecule has 0 amide bonds. The quantitative estimate of drug-likeness (QED) is 0.0289. The van der Waals surface area contributed by atoms with Crippen LogP contribution in [0.2, 0.25) is 0 Å². The van der Waals surface area contributed by atoms with Crippen molar-refractivity contribution in [3.05, 3.63) is 97.2 Å². The molecule has 0 aromatic rings. The van der Waals surface area contributed by atoms with Gasteiger partial charge in [-0.15, -0.1) is 0 Å². The number of phosphoric acid groups is 1. The lowest BCUT2D eigenvalue weighted by Crippen LogP contribution is -2.29. The van der Waals surface area contributed by atoms with Gasteiger partial charge in [0.15, 0.2) is 6.10 Å². The van der Waals surface area contributed by atoms with Crippen molar-refractivity contribution in [1.82, 2.24) is 0 Å². The highest BCUT2D eigenvalue weighted by atomic mass is 31.2. The Kier molecular flexibility index (Phi) is 35.5. The van der Waals surface area contributed by atoms with Crippen LogP contribution in [0.15, 0.2) is 97.2 Å². The molecule has 0 aliphatic heterocycles. The van der Waals surface area contributed by atoms with Crippen molar-refractivity contribution in [2.75, 3.05) is 13.2 Å². The number of phosphoric ester groups is 1. The van der Waals surface area contributed by atoms with Crippen molar-refractivity contribution in [2.24, 2.45) is 0 Å². The lowest BCUT2D eigenvalue weighted by atomic mass is 10.1. The summed E-state index contributed by atoms with van der Waals surface area (Å²) in [4.78, 5) is 42.8. The Morgan fingerprint density at radius 3 is 1.31 bits per heavy atom. The van der Waals surface area contributed by atoms with Crippen LogP contribution in [-0.2, 0) is 28.2 Å². The van der Waals surface area contributed by atoms with E-state index >= 15 is 0 Å². The molecule has 1 atom stereocenters. The molecule has 0 radical (unpaired) electrons. The van der Waals surface area contributed by atoms with Gasteiger partial charge >= 0.3 is 19.8 Å².